The van der Waals surface area contributed by atoms with Gasteiger partial charge in [0.05, 0.1) is 31.9 Å². The molecular formula is C26H32N6O5. The monoisotopic (exact) mass is 508 g/mol. The number of likely N-dealkylation sites (tertiary alicyclic amines) is 1. The third kappa shape index (κ3) is 5.66. The van der Waals surface area contributed by atoms with Gasteiger partial charge in [-0.2, -0.15) is 0 Å². The van der Waals surface area contributed by atoms with Crippen LogP contribution in [0.5, 0.6) is 5.75 Å². The number of carbonyl (C=O) groups excluding carboxylic acids is 2. The maximum atomic E-state index is 13.3. The molecule has 5 rings (SSSR count). The first-order chi connectivity index (χ1) is 18.1. The lowest BCUT2D eigenvalue weighted by Crippen LogP contribution is -2.50. The molecule has 2 aliphatic rings. The van der Waals surface area contributed by atoms with Gasteiger partial charge in [0.25, 0.3) is 5.91 Å². The number of nitrogens with one attached hydrogen (secondary N) is 1. The van der Waals surface area contributed by atoms with Gasteiger partial charge in [-0.15, -0.1) is 5.10 Å². The molecular weight excluding hydrogens is 476 g/mol. The van der Waals surface area contributed by atoms with Gasteiger partial charge in [0.1, 0.15) is 17.1 Å². The summed E-state index contributed by atoms with van der Waals surface area (Å²) in [5.41, 5.74) is 1.71. The molecule has 1 spiro atoms. The van der Waals surface area contributed by atoms with E-state index in [1.54, 1.807) is 18.1 Å². The van der Waals surface area contributed by atoms with Gasteiger partial charge in [-0.3, -0.25) is 14.3 Å². The Morgan fingerprint density at radius 3 is 2.70 bits per heavy atom. The van der Waals surface area contributed by atoms with Gasteiger partial charge < -0.3 is 24.2 Å². The van der Waals surface area contributed by atoms with Crippen LogP contribution in [0.15, 0.2) is 41.1 Å². The second-order valence-electron chi connectivity index (χ2n) is 9.62. The van der Waals surface area contributed by atoms with E-state index in [-0.39, 0.29) is 17.6 Å². The highest BCUT2D eigenvalue weighted by molar-refractivity contribution is 5.93. The molecule has 11 heteroatoms. The standard InChI is InChI=1S/C26H32N6O5/c1-35-21-6-4-19(5-7-21)22-16-23(37-29-22)24(33)31-13-9-26(10-14-31)8-2-3-12-32-17-20(28-30-32)18-36-15-11-27-25(26)34/h4-7,16-17H,2-3,8-15,18H2,1H3,(H,27,34). The van der Waals surface area contributed by atoms with Crippen molar-refractivity contribution in [3.05, 3.63) is 48.0 Å². The van der Waals surface area contributed by atoms with Crippen LogP contribution in [0.3, 0.4) is 0 Å². The molecule has 2 bridgehead atoms. The Morgan fingerprint density at radius 1 is 1.11 bits per heavy atom. The number of amides is 2. The number of aryl methyl sites for hydroxylation is 1. The highest BCUT2D eigenvalue weighted by atomic mass is 16.5. The van der Waals surface area contributed by atoms with Crippen LogP contribution >= 0.6 is 0 Å². The Bertz CT molecular complexity index is 1210. The quantitative estimate of drug-likeness (QED) is 0.573. The predicted octanol–water partition coefficient (Wildman–Crippen LogP) is 2.68. The molecule has 1 N–H and O–H groups in total. The minimum Gasteiger partial charge on any atom is -0.497 e. The number of rotatable bonds is 3. The van der Waals surface area contributed by atoms with Gasteiger partial charge in [0, 0.05) is 37.8 Å². The van der Waals surface area contributed by atoms with Crippen LogP contribution in [-0.2, 0) is 22.7 Å². The molecule has 0 radical (unpaired) electrons. The fourth-order valence-electron chi connectivity index (χ4n) is 5.01. The van der Waals surface area contributed by atoms with Gasteiger partial charge in [-0.05, 0) is 49.9 Å². The molecule has 4 heterocycles. The number of fused-ring (bicyclic) bond motifs is 2. The van der Waals surface area contributed by atoms with Crippen LogP contribution in [0.4, 0.5) is 0 Å². The summed E-state index contributed by atoms with van der Waals surface area (Å²) in [5, 5.41) is 15.4. The Balaban J connectivity index is 1.22. The van der Waals surface area contributed by atoms with Crippen LogP contribution < -0.4 is 10.1 Å². The molecule has 2 aromatic heterocycles. The Morgan fingerprint density at radius 2 is 1.92 bits per heavy atom. The topological polar surface area (TPSA) is 125 Å². The van der Waals surface area contributed by atoms with Crippen LogP contribution in [-0.4, -0.2) is 70.2 Å². The highest BCUT2D eigenvalue weighted by Gasteiger charge is 2.42. The van der Waals surface area contributed by atoms with E-state index in [1.807, 2.05) is 35.1 Å². The number of hydrogen-bond donors (Lipinski definition) is 1. The lowest BCUT2D eigenvalue weighted by molar-refractivity contribution is -0.134. The van der Waals surface area contributed by atoms with Gasteiger partial charge >= 0.3 is 0 Å². The van der Waals surface area contributed by atoms with Gasteiger partial charge in [0.15, 0.2) is 0 Å². The third-order valence-electron chi connectivity index (χ3n) is 7.26. The molecule has 1 aromatic carbocycles. The molecule has 3 aromatic rings. The number of aromatic nitrogens is 4. The van der Waals surface area contributed by atoms with E-state index >= 15 is 0 Å². The molecule has 0 saturated carbocycles. The smallest absolute Gasteiger partial charge is 0.292 e. The molecule has 0 atom stereocenters. The SMILES string of the molecule is COc1ccc(-c2cc(C(=O)N3CCC4(CCCCn5cc(nn5)COCCNC4=O)CC3)on2)cc1. The number of carbonyl (C=O) groups is 2. The molecule has 0 aliphatic carbocycles. The van der Waals surface area contributed by atoms with E-state index in [2.05, 4.69) is 20.8 Å². The minimum absolute atomic E-state index is 0.0404. The van der Waals surface area contributed by atoms with Crippen molar-refractivity contribution in [1.82, 2.24) is 30.4 Å². The van der Waals surface area contributed by atoms with Crippen molar-refractivity contribution in [2.45, 2.75) is 45.3 Å². The van der Waals surface area contributed by atoms with Crippen molar-refractivity contribution < 1.29 is 23.6 Å². The summed E-state index contributed by atoms with van der Waals surface area (Å²) in [7, 11) is 1.61. The molecule has 1 saturated heterocycles. The van der Waals surface area contributed by atoms with Crippen molar-refractivity contribution in [1.29, 1.82) is 0 Å². The second-order valence-corrected chi connectivity index (χ2v) is 9.62. The van der Waals surface area contributed by atoms with E-state index < -0.39 is 5.41 Å². The number of benzene rings is 1. The summed E-state index contributed by atoms with van der Waals surface area (Å²) in [6, 6.07) is 9.07. The van der Waals surface area contributed by atoms with Crippen LogP contribution in [0.2, 0.25) is 0 Å². The normalized spacial score (nSPS) is 18.7. The van der Waals surface area contributed by atoms with Crippen molar-refractivity contribution >= 4 is 11.8 Å². The van der Waals surface area contributed by atoms with Gasteiger partial charge in [-0.1, -0.05) is 16.8 Å². The van der Waals surface area contributed by atoms with Crippen LogP contribution in [0.1, 0.15) is 48.4 Å². The predicted molar refractivity (Wildman–Crippen MR) is 133 cm³/mol. The summed E-state index contributed by atoms with van der Waals surface area (Å²) < 4.78 is 18.1. The van der Waals surface area contributed by atoms with E-state index in [9.17, 15) is 9.59 Å². The van der Waals surface area contributed by atoms with Crippen LogP contribution in [0, 0.1) is 5.41 Å². The van der Waals surface area contributed by atoms with Crippen molar-refractivity contribution in [3.63, 3.8) is 0 Å². The lowest BCUT2D eigenvalue weighted by Gasteiger charge is -2.40. The van der Waals surface area contributed by atoms with Crippen molar-refractivity contribution in [2.75, 3.05) is 33.4 Å². The van der Waals surface area contributed by atoms with Crippen molar-refractivity contribution in [2.24, 2.45) is 5.41 Å². The highest BCUT2D eigenvalue weighted by Crippen LogP contribution is 2.38. The average molecular weight is 509 g/mol. The fraction of sp³-hybridized carbons (Fsp3) is 0.500. The van der Waals surface area contributed by atoms with Gasteiger partial charge in [0.2, 0.25) is 11.7 Å². The largest absolute Gasteiger partial charge is 0.497 e. The summed E-state index contributed by atoms with van der Waals surface area (Å²) in [5.74, 6) is 0.770. The van der Waals surface area contributed by atoms with E-state index in [1.165, 1.54) is 0 Å². The maximum Gasteiger partial charge on any atom is 0.292 e. The molecule has 0 unspecified atom stereocenters. The summed E-state index contributed by atoms with van der Waals surface area (Å²) in [4.78, 5) is 28.2. The summed E-state index contributed by atoms with van der Waals surface area (Å²) in [6.45, 7) is 2.92. The van der Waals surface area contributed by atoms with Crippen LogP contribution in [0.25, 0.3) is 11.3 Å². The molecule has 2 amide bonds. The van der Waals surface area contributed by atoms with E-state index in [4.69, 9.17) is 14.0 Å². The molecule has 1 fully saturated rings. The number of methoxy groups -OCH3 is 1. The molecule has 37 heavy (non-hydrogen) atoms. The average Bonchev–Trinajstić information content (AvgIpc) is 3.61. The van der Waals surface area contributed by atoms with Crippen molar-refractivity contribution in [3.8, 4) is 17.0 Å². The Labute approximate surface area is 215 Å². The zero-order valence-electron chi connectivity index (χ0n) is 21.0. The molecule has 2 aliphatic heterocycles. The third-order valence-corrected chi connectivity index (χ3v) is 7.26. The fourth-order valence-corrected chi connectivity index (χ4v) is 5.01. The Hall–Kier alpha value is -3.73. The molecule has 11 nitrogen and oxygen atoms in total. The first-order valence-electron chi connectivity index (χ1n) is 12.7. The number of hydrogen-bond acceptors (Lipinski definition) is 8. The zero-order valence-corrected chi connectivity index (χ0v) is 21.0. The molecule has 196 valence electrons. The Kier molecular flexibility index (Phi) is 7.50. The minimum atomic E-state index is -0.510. The lowest BCUT2D eigenvalue weighted by atomic mass is 9.73. The van der Waals surface area contributed by atoms with E-state index in [0.29, 0.717) is 51.4 Å². The first kappa shape index (κ1) is 24.9. The first-order valence-corrected chi connectivity index (χ1v) is 12.7. The summed E-state index contributed by atoms with van der Waals surface area (Å²) in [6.07, 6.45) is 5.64. The zero-order chi connectivity index (χ0) is 25.7. The number of ether oxygens (including phenoxy) is 2. The second kappa shape index (κ2) is 11.1. The maximum absolute atomic E-state index is 13.3. The number of piperidine rings is 1. The van der Waals surface area contributed by atoms with E-state index in [0.717, 1.165) is 42.8 Å². The number of nitrogens with zero attached hydrogens (tertiary/aromatic N) is 5. The van der Waals surface area contributed by atoms with Gasteiger partial charge in [-0.25, -0.2) is 0 Å². The summed E-state index contributed by atoms with van der Waals surface area (Å²) >= 11 is 0.